The highest BCUT2D eigenvalue weighted by Gasteiger charge is 2.31. The van der Waals surface area contributed by atoms with Gasteiger partial charge in [0.15, 0.2) is 5.78 Å². The van der Waals surface area contributed by atoms with E-state index in [0.29, 0.717) is 45.2 Å². The molecule has 0 bridgehead atoms. The summed E-state index contributed by atoms with van der Waals surface area (Å²) in [4.78, 5) is 11.2. The first-order valence-electron chi connectivity index (χ1n) is 5.05. The second-order valence-electron chi connectivity index (χ2n) is 3.11. The molecule has 0 atom stereocenters. The van der Waals surface area contributed by atoms with Crippen LogP contribution >= 0.6 is 21.6 Å². The summed E-state index contributed by atoms with van der Waals surface area (Å²) in [6.45, 7) is 2.93. The molecule has 0 spiro atoms. The van der Waals surface area contributed by atoms with E-state index in [0.717, 1.165) is 6.42 Å². The first-order valence-corrected chi connectivity index (χ1v) is 7.32. The number of hydrogen-bond acceptors (Lipinski definition) is 6. The standard InChI is InChI=1S/C9H17NO3S2/c10-3-5-13-7-6-12-4-1-2-8(11)9-14-15-9/h9H,1-7,10H2. The minimum atomic E-state index is 0.220. The van der Waals surface area contributed by atoms with Gasteiger partial charge in [-0.15, -0.1) is 0 Å². The molecule has 0 aliphatic carbocycles. The monoisotopic (exact) mass is 251 g/mol. The van der Waals surface area contributed by atoms with Crippen LogP contribution in [0, 0.1) is 0 Å². The maximum atomic E-state index is 11.2. The van der Waals surface area contributed by atoms with Gasteiger partial charge in [0.2, 0.25) is 0 Å². The largest absolute Gasteiger partial charge is 0.379 e. The molecular weight excluding hydrogens is 234 g/mol. The van der Waals surface area contributed by atoms with Gasteiger partial charge in [-0.2, -0.15) is 0 Å². The summed E-state index contributed by atoms with van der Waals surface area (Å²) in [5, 5.41) is 0. The number of ether oxygens (including phenoxy) is 2. The second kappa shape index (κ2) is 8.41. The highest BCUT2D eigenvalue weighted by Crippen LogP contribution is 2.53. The van der Waals surface area contributed by atoms with Crippen molar-refractivity contribution in [3.05, 3.63) is 0 Å². The average molecular weight is 251 g/mol. The SMILES string of the molecule is NCCOCCOCCCC(=O)C1SS1. The molecular formula is C9H17NO3S2. The number of rotatable bonds is 10. The van der Waals surface area contributed by atoms with Crippen LogP contribution in [0.3, 0.4) is 0 Å². The van der Waals surface area contributed by atoms with Crippen LogP contribution < -0.4 is 5.73 Å². The van der Waals surface area contributed by atoms with Gasteiger partial charge in [-0.3, -0.25) is 4.79 Å². The lowest BCUT2D eigenvalue weighted by Crippen LogP contribution is -2.12. The van der Waals surface area contributed by atoms with Crippen molar-refractivity contribution in [1.82, 2.24) is 0 Å². The first-order chi connectivity index (χ1) is 7.34. The fraction of sp³-hybridized carbons (Fsp3) is 0.889. The Hall–Kier alpha value is 0.250. The van der Waals surface area contributed by atoms with Crippen molar-refractivity contribution >= 4 is 27.4 Å². The molecule has 1 heterocycles. The average Bonchev–Trinajstić information content (AvgIpc) is 3.05. The van der Waals surface area contributed by atoms with E-state index in [9.17, 15) is 4.79 Å². The minimum Gasteiger partial charge on any atom is -0.379 e. The third kappa shape index (κ3) is 7.19. The summed E-state index contributed by atoms with van der Waals surface area (Å²) in [5.74, 6) is 0.341. The number of Topliss-reactive ketones (excluding diaryl/α,β-unsaturated/α-hetero) is 1. The molecule has 0 aromatic heterocycles. The minimum absolute atomic E-state index is 0.220. The molecule has 0 radical (unpaired) electrons. The highest BCUT2D eigenvalue weighted by molar-refractivity contribution is 8.93. The predicted molar refractivity (Wildman–Crippen MR) is 63.9 cm³/mol. The number of ketones is 1. The summed E-state index contributed by atoms with van der Waals surface area (Å²) in [7, 11) is 3.30. The maximum absolute atomic E-state index is 11.2. The van der Waals surface area contributed by atoms with E-state index in [4.69, 9.17) is 15.2 Å². The molecule has 2 N–H and O–H groups in total. The van der Waals surface area contributed by atoms with Gasteiger partial charge in [0, 0.05) is 19.6 Å². The van der Waals surface area contributed by atoms with Gasteiger partial charge in [-0.05, 0) is 6.42 Å². The van der Waals surface area contributed by atoms with E-state index in [2.05, 4.69) is 0 Å². The smallest absolute Gasteiger partial charge is 0.157 e. The van der Waals surface area contributed by atoms with Crippen LogP contribution in [0.4, 0.5) is 0 Å². The normalized spacial score (nSPS) is 15.5. The summed E-state index contributed by atoms with van der Waals surface area (Å²) >= 11 is 0. The summed E-state index contributed by atoms with van der Waals surface area (Å²) in [6.07, 6.45) is 1.45. The second-order valence-corrected chi connectivity index (χ2v) is 5.89. The van der Waals surface area contributed by atoms with Crippen LogP contribution in [0.2, 0.25) is 0 Å². The van der Waals surface area contributed by atoms with Crippen LogP contribution in [-0.4, -0.2) is 43.3 Å². The number of nitrogens with two attached hydrogens (primary N) is 1. The van der Waals surface area contributed by atoms with Gasteiger partial charge in [0.1, 0.15) is 4.58 Å². The zero-order chi connectivity index (χ0) is 10.9. The van der Waals surface area contributed by atoms with Crippen molar-refractivity contribution in [3.63, 3.8) is 0 Å². The van der Waals surface area contributed by atoms with E-state index in [1.54, 1.807) is 21.6 Å². The van der Waals surface area contributed by atoms with E-state index in [-0.39, 0.29) is 4.58 Å². The Morgan fingerprint density at radius 1 is 1.13 bits per heavy atom. The van der Waals surface area contributed by atoms with Crippen LogP contribution in [0.15, 0.2) is 0 Å². The molecule has 4 nitrogen and oxygen atoms in total. The molecule has 1 rings (SSSR count). The topological polar surface area (TPSA) is 61.6 Å². The molecule has 1 aliphatic rings. The van der Waals surface area contributed by atoms with Gasteiger partial charge >= 0.3 is 0 Å². The lowest BCUT2D eigenvalue weighted by atomic mass is 10.2. The van der Waals surface area contributed by atoms with Gasteiger partial charge in [-0.25, -0.2) is 0 Å². The quantitative estimate of drug-likeness (QED) is 0.356. The van der Waals surface area contributed by atoms with Crippen molar-refractivity contribution in [2.24, 2.45) is 5.73 Å². The van der Waals surface area contributed by atoms with Crippen LogP contribution in [-0.2, 0) is 14.3 Å². The van der Waals surface area contributed by atoms with Crippen LogP contribution in [0.1, 0.15) is 12.8 Å². The zero-order valence-electron chi connectivity index (χ0n) is 8.65. The van der Waals surface area contributed by atoms with E-state index < -0.39 is 0 Å². The molecule has 88 valence electrons. The highest BCUT2D eigenvalue weighted by atomic mass is 33.2. The lowest BCUT2D eigenvalue weighted by Gasteiger charge is -2.04. The van der Waals surface area contributed by atoms with E-state index in [1.807, 2.05) is 0 Å². The van der Waals surface area contributed by atoms with Crippen molar-refractivity contribution in [3.8, 4) is 0 Å². The molecule has 1 fully saturated rings. The fourth-order valence-corrected chi connectivity index (χ4v) is 2.32. The Labute approximate surface area is 98.0 Å². The van der Waals surface area contributed by atoms with Gasteiger partial charge < -0.3 is 15.2 Å². The van der Waals surface area contributed by atoms with E-state index >= 15 is 0 Å². The number of hydrogen-bond donors (Lipinski definition) is 1. The van der Waals surface area contributed by atoms with Crippen LogP contribution in [0.25, 0.3) is 0 Å². The molecule has 1 saturated heterocycles. The molecule has 1 aliphatic heterocycles. The molecule has 6 heteroatoms. The molecule has 15 heavy (non-hydrogen) atoms. The molecule has 0 amide bonds. The summed E-state index contributed by atoms with van der Waals surface area (Å²) < 4.78 is 10.7. The lowest BCUT2D eigenvalue weighted by molar-refractivity contribution is -0.117. The molecule has 0 aromatic rings. The van der Waals surface area contributed by atoms with Crippen molar-refractivity contribution < 1.29 is 14.3 Å². The Balaban J connectivity index is 1.74. The molecule has 0 unspecified atom stereocenters. The molecule has 0 saturated carbocycles. The Bertz CT molecular complexity index is 188. The van der Waals surface area contributed by atoms with Crippen molar-refractivity contribution in [2.45, 2.75) is 17.4 Å². The zero-order valence-corrected chi connectivity index (χ0v) is 10.3. The first kappa shape index (κ1) is 13.3. The third-order valence-electron chi connectivity index (χ3n) is 1.80. The number of carbonyl (C=O) groups is 1. The Morgan fingerprint density at radius 2 is 1.80 bits per heavy atom. The maximum Gasteiger partial charge on any atom is 0.157 e. The third-order valence-corrected chi connectivity index (χ3v) is 3.87. The molecule has 0 aromatic carbocycles. The fourth-order valence-electron chi connectivity index (χ4n) is 1.01. The van der Waals surface area contributed by atoms with Gasteiger partial charge in [0.05, 0.1) is 19.8 Å². The van der Waals surface area contributed by atoms with E-state index in [1.165, 1.54) is 0 Å². The van der Waals surface area contributed by atoms with Crippen LogP contribution in [0.5, 0.6) is 0 Å². The van der Waals surface area contributed by atoms with Crippen molar-refractivity contribution in [1.29, 1.82) is 0 Å². The predicted octanol–water partition coefficient (Wildman–Crippen LogP) is 1.05. The number of carbonyl (C=O) groups excluding carboxylic acids is 1. The van der Waals surface area contributed by atoms with Crippen molar-refractivity contribution in [2.75, 3.05) is 33.0 Å². The Kier molecular flexibility index (Phi) is 7.46. The van der Waals surface area contributed by atoms with Gasteiger partial charge in [0.25, 0.3) is 0 Å². The summed E-state index contributed by atoms with van der Waals surface area (Å²) in [6, 6.07) is 0. The Morgan fingerprint density at radius 3 is 2.40 bits per heavy atom. The summed E-state index contributed by atoms with van der Waals surface area (Å²) in [5.41, 5.74) is 5.25. The van der Waals surface area contributed by atoms with Gasteiger partial charge in [-0.1, -0.05) is 21.6 Å².